The average Bonchev–Trinajstić information content (AvgIpc) is 3.80. The van der Waals surface area contributed by atoms with Crippen LogP contribution in [0.2, 0.25) is 0 Å². The smallest absolute Gasteiger partial charge is 0.132 e. The van der Waals surface area contributed by atoms with E-state index in [1.807, 2.05) is 42.5 Å². The molecule has 1 N–H and O–H groups in total. The number of hydrogen-bond acceptors (Lipinski definition) is 4. The first-order valence-corrected chi connectivity index (χ1v) is 18.1. The van der Waals surface area contributed by atoms with Gasteiger partial charge in [0.2, 0.25) is 0 Å². The minimum Gasteiger partial charge on any atom is -0.359 e. The molecule has 2 aromatic heterocycles. The van der Waals surface area contributed by atoms with Crippen LogP contribution >= 0.6 is 11.3 Å². The number of nitrogens with zero attached hydrogens (tertiary/aromatic N) is 2. The average molecular weight is 674 g/mol. The molecule has 0 spiro atoms. The lowest BCUT2D eigenvalue weighted by Gasteiger charge is -2.32. The lowest BCUT2D eigenvalue weighted by atomic mass is 9.94. The Labute approximate surface area is 303 Å². The predicted octanol–water partition coefficient (Wildman–Crippen LogP) is 12.8. The quantitative estimate of drug-likeness (QED) is 0.190. The summed E-state index contributed by atoms with van der Waals surface area (Å²) in [7, 11) is 0. The largest absolute Gasteiger partial charge is 0.359 e. The molecule has 10 rings (SSSR count). The molecule has 0 radical (unpaired) electrons. The zero-order valence-corrected chi connectivity index (χ0v) is 28.4. The van der Waals surface area contributed by atoms with Crippen molar-refractivity contribution in [2.45, 2.75) is 12.5 Å². The normalized spacial score (nSPS) is 14.7. The third-order valence-electron chi connectivity index (χ3n) is 9.89. The number of para-hydroxylation sites is 1. The summed E-state index contributed by atoms with van der Waals surface area (Å²) in [6.45, 7) is 0. The van der Waals surface area contributed by atoms with Crippen LogP contribution in [0.15, 0.2) is 176 Å². The molecule has 51 heavy (non-hydrogen) atoms. The van der Waals surface area contributed by atoms with Gasteiger partial charge in [0.15, 0.2) is 0 Å². The Hall–Kier alpha value is -6.23. The van der Waals surface area contributed by atoms with E-state index >= 15 is 0 Å². The number of rotatable bonds is 6. The summed E-state index contributed by atoms with van der Waals surface area (Å²) in [5.41, 5.74) is 10.1. The maximum Gasteiger partial charge on any atom is 0.132 e. The Bertz CT molecular complexity index is 2740. The first kappa shape index (κ1) is 27.6. The van der Waals surface area contributed by atoms with Crippen molar-refractivity contribution in [3.63, 3.8) is 0 Å². The molecule has 1 unspecified atom stereocenters. The van der Waals surface area contributed by atoms with Gasteiger partial charge in [-0.3, -0.25) is 0 Å². The molecule has 0 fully saturated rings. The molecule has 0 bridgehead atoms. The van der Waals surface area contributed by atoms with Crippen LogP contribution in [0.5, 0.6) is 0 Å². The van der Waals surface area contributed by atoms with Crippen LogP contribution in [-0.2, 0) is 6.37 Å². The lowest BCUT2D eigenvalue weighted by molar-refractivity contribution is 0.839. The molecule has 0 aliphatic carbocycles. The fraction of sp³-hybridized carbons (Fsp3) is 0.0426. The molecule has 9 aromatic rings. The first-order valence-electron chi connectivity index (χ1n) is 18.3. The lowest BCUT2D eigenvalue weighted by Crippen LogP contribution is -2.24. The van der Waals surface area contributed by atoms with Gasteiger partial charge in [0.1, 0.15) is 11.0 Å². The number of thiophene rings is 1. The molecule has 1 aliphatic rings. The number of aromatic nitrogens is 1. The Morgan fingerprint density at radius 1 is 0.588 bits per heavy atom. The van der Waals surface area contributed by atoms with Crippen molar-refractivity contribution < 1.29 is 2.74 Å². The summed E-state index contributed by atoms with van der Waals surface area (Å²) in [6.07, 6.45) is -1.98. The summed E-state index contributed by atoms with van der Waals surface area (Å²) in [5, 5.41) is 8.55. The van der Waals surface area contributed by atoms with Crippen LogP contribution in [0, 0.1) is 0 Å². The molecule has 0 saturated carbocycles. The molecule has 3 heterocycles. The Morgan fingerprint density at radius 2 is 1.24 bits per heavy atom. The highest BCUT2D eigenvalue weighted by Gasteiger charge is 2.36. The zero-order chi connectivity index (χ0) is 35.5. The molecule has 0 saturated heterocycles. The van der Waals surface area contributed by atoms with Crippen molar-refractivity contribution in [2.75, 3.05) is 10.2 Å². The van der Waals surface area contributed by atoms with Gasteiger partial charge in [0.25, 0.3) is 0 Å². The fourth-order valence-electron chi connectivity index (χ4n) is 7.58. The Kier molecular flexibility index (Phi) is 6.64. The molecule has 242 valence electrons. The van der Waals surface area contributed by atoms with E-state index in [1.54, 1.807) is 11.3 Å². The van der Waals surface area contributed by atoms with Gasteiger partial charge in [-0.25, -0.2) is 4.98 Å². The van der Waals surface area contributed by atoms with Crippen LogP contribution in [0.4, 0.5) is 17.1 Å². The monoisotopic (exact) mass is 673 g/mol. The van der Waals surface area contributed by atoms with Gasteiger partial charge < -0.3 is 10.2 Å². The SMILES string of the molecule is [2H]C([2H])(c1ccccc1)c1ccc2c(n1)sc1c(C3Nc4c(ccc5ccccc45)N3c3c(-c4ccccc4)cccc3-c3ccccc3)cccc12. The maximum atomic E-state index is 9.03. The second-order valence-corrected chi connectivity index (χ2v) is 13.9. The summed E-state index contributed by atoms with van der Waals surface area (Å²) in [4.78, 5) is 8.33. The second kappa shape index (κ2) is 12.3. The van der Waals surface area contributed by atoms with Crippen molar-refractivity contribution in [3.8, 4) is 22.3 Å². The number of anilines is 3. The van der Waals surface area contributed by atoms with Crippen LogP contribution in [-0.4, -0.2) is 4.98 Å². The number of nitrogens with one attached hydrogen (secondary N) is 1. The van der Waals surface area contributed by atoms with Gasteiger partial charge in [-0.15, -0.1) is 11.3 Å². The molecule has 3 nitrogen and oxygen atoms in total. The van der Waals surface area contributed by atoms with Crippen molar-refractivity contribution in [3.05, 3.63) is 193 Å². The van der Waals surface area contributed by atoms with E-state index in [-0.39, 0.29) is 6.17 Å². The van der Waals surface area contributed by atoms with Gasteiger partial charge in [-0.2, -0.15) is 0 Å². The first-order chi connectivity index (χ1) is 26.1. The minimum atomic E-state index is -1.73. The molecular weight excluding hydrogens is 639 g/mol. The molecular formula is C47H33N3S. The van der Waals surface area contributed by atoms with Gasteiger partial charge >= 0.3 is 0 Å². The van der Waals surface area contributed by atoms with Crippen LogP contribution in [0.25, 0.3) is 53.3 Å². The summed E-state index contributed by atoms with van der Waals surface area (Å²) >= 11 is 1.64. The predicted molar refractivity (Wildman–Crippen MR) is 216 cm³/mol. The summed E-state index contributed by atoms with van der Waals surface area (Å²) in [5.74, 6) is 0. The number of hydrogen-bond donors (Lipinski definition) is 1. The van der Waals surface area contributed by atoms with Crippen molar-refractivity contribution >= 4 is 59.5 Å². The zero-order valence-electron chi connectivity index (χ0n) is 29.6. The number of benzene rings is 7. The highest BCUT2D eigenvalue weighted by atomic mass is 32.1. The molecule has 1 aliphatic heterocycles. The maximum absolute atomic E-state index is 9.03. The number of pyridine rings is 1. The van der Waals surface area contributed by atoms with Crippen molar-refractivity contribution in [2.24, 2.45) is 0 Å². The fourth-order valence-corrected chi connectivity index (χ4v) is 8.79. The summed E-state index contributed by atoms with van der Waals surface area (Å²) in [6, 6.07) is 60.8. The van der Waals surface area contributed by atoms with Gasteiger partial charge in [0, 0.05) is 52.4 Å². The van der Waals surface area contributed by atoms with Gasteiger partial charge in [-0.1, -0.05) is 158 Å². The third kappa shape index (κ3) is 5.07. The van der Waals surface area contributed by atoms with E-state index in [0.29, 0.717) is 11.3 Å². The Balaban J connectivity index is 1.22. The minimum absolute atomic E-state index is 0.255. The highest BCUT2D eigenvalue weighted by molar-refractivity contribution is 7.25. The molecule has 7 aromatic carbocycles. The molecule has 1 atom stereocenters. The van der Waals surface area contributed by atoms with Crippen LogP contribution in [0.1, 0.15) is 25.7 Å². The van der Waals surface area contributed by atoms with E-state index in [9.17, 15) is 0 Å². The van der Waals surface area contributed by atoms with Crippen LogP contribution in [0.3, 0.4) is 0 Å². The third-order valence-corrected chi connectivity index (χ3v) is 11.1. The highest BCUT2D eigenvalue weighted by Crippen LogP contribution is 2.55. The van der Waals surface area contributed by atoms with E-state index in [2.05, 4.69) is 144 Å². The van der Waals surface area contributed by atoms with Crippen molar-refractivity contribution in [1.29, 1.82) is 0 Å². The van der Waals surface area contributed by atoms with Crippen molar-refractivity contribution in [1.82, 2.24) is 4.98 Å². The topological polar surface area (TPSA) is 28.2 Å². The van der Waals surface area contributed by atoms with E-state index in [1.165, 1.54) is 10.8 Å². The second-order valence-electron chi connectivity index (χ2n) is 12.9. The van der Waals surface area contributed by atoms with E-state index in [4.69, 9.17) is 7.73 Å². The van der Waals surface area contributed by atoms with Crippen LogP contribution < -0.4 is 10.2 Å². The van der Waals surface area contributed by atoms with Gasteiger partial charge in [0.05, 0.1) is 17.1 Å². The molecule has 4 heteroatoms. The molecule has 0 amide bonds. The van der Waals surface area contributed by atoms with Gasteiger partial charge in [-0.05, 0) is 40.3 Å². The standard InChI is InChI=1S/C47H33N3S/c1-4-14-31(15-5-1)30-35-27-28-40-39-24-13-25-41(45(39)51-47(40)48-35)46-49-43-36-21-11-10-20-34(36)26-29-42(43)50(46)44-37(32-16-6-2-7-17-32)22-12-23-38(44)33-18-8-3-9-19-33/h1-29,46,49H,30H2/i30D2. The Morgan fingerprint density at radius 3 is 1.98 bits per heavy atom. The van der Waals surface area contributed by atoms with E-state index in [0.717, 1.165) is 65.2 Å². The number of fused-ring (bicyclic) bond motifs is 6. The summed E-state index contributed by atoms with van der Waals surface area (Å²) < 4.78 is 19.2. The van der Waals surface area contributed by atoms with E-state index < -0.39 is 6.37 Å².